The van der Waals surface area contributed by atoms with Crippen molar-refractivity contribution >= 4 is 0 Å². The summed E-state index contributed by atoms with van der Waals surface area (Å²) in [7, 11) is 0. The zero-order valence-corrected chi connectivity index (χ0v) is 15.2. The van der Waals surface area contributed by atoms with Crippen molar-refractivity contribution in [2.24, 2.45) is 0 Å². The van der Waals surface area contributed by atoms with Crippen molar-refractivity contribution in [2.75, 3.05) is 52.4 Å². The largest absolute Gasteiger partial charge is 0.314 e. The first-order valence-electron chi connectivity index (χ1n) is 9.63. The van der Waals surface area contributed by atoms with Crippen LogP contribution in [0, 0.1) is 0 Å². The molecule has 0 amide bonds. The maximum Gasteiger partial charge on any atom is 0.0110 e. The number of nitrogens with zero attached hydrogens (tertiary/aromatic N) is 2. The van der Waals surface area contributed by atoms with E-state index in [2.05, 4.69) is 75.8 Å². The van der Waals surface area contributed by atoms with E-state index in [0.29, 0.717) is 0 Å². The second kappa shape index (κ2) is 10.3. The van der Waals surface area contributed by atoms with Gasteiger partial charge in [-0.2, -0.15) is 0 Å². The van der Waals surface area contributed by atoms with Gasteiger partial charge < -0.3 is 15.1 Å². The molecule has 0 spiro atoms. The van der Waals surface area contributed by atoms with Gasteiger partial charge in [0.05, 0.1) is 0 Å². The molecule has 0 aliphatic carbocycles. The topological polar surface area (TPSA) is 18.5 Å². The summed E-state index contributed by atoms with van der Waals surface area (Å²) in [6, 6.07) is 21.7. The molecular formula is C22H31N3. The number of rotatable bonds is 6. The average Bonchev–Trinajstić information content (AvgIpc) is 2.78. The van der Waals surface area contributed by atoms with Crippen molar-refractivity contribution in [1.29, 1.82) is 0 Å². The van der Waals surface area contributed by atoms with Crippen LogP contribution >= 0.6 is 0 Å². The Morgan fingerprint density at radius 1 is 0.600 bits per heavy atom. The van der Waals surface area contributed by atoms with Crippen LogP contribution in [-0.2, 0) is 12.8 Å². The molecule has 3 heteroatoms. The molecule has 0 bridgehead atoms. The Hall–Kier alpha value is -1.68. The fourth-order valence-corrected chi connectivity index (χ4v) is 3.42. The summed E-state index contributed by atoms with van der Waals surface area (Å²) in [6.45, 7) is 9.14. The van der Waals surface area contributed by atoms with Crippen LogP contribution < -0.4 is 5.32 Å². The van der Waals surface area contributed by atoms with E-state index < -0.39 is 0 Å². The summed E-state index contributed by atoms with van der Waals surface area (Å²) in [5, 5.41) is 3.60. The van der Waals surface area contributed by atoms with Crippen LogP contribution in [0.2, 0.25) is 0 Å². The number of hydrogen-bond donors (Lipinski definition) is 1. The van der Waals surface area contributed by atoms with Crippen molar-refractivity contribution in [3.8, 4) is 0 Å². The predicted octanol–water partition coefficient (Wildman–Crippen LogP) is 2.68. The SMILES string of the molecule is c1ccc(CCN2CCNCCN(CCc3ccccc3)CC2)cc1. The lowest BCUT2D eigenvalue weighted by atomic mass is 10.1. The van der Waals surface area contributed by atoms with E-state index in [1.807, 2.05) is 0 Å². The Balaban J connectivity index is 1.46. The zero-order valence-electron chi connectivity index (χ0n) is 15.2. The number of nitrogens with one attached hydrogen (secondary N) is 1. The lowest BCUT2D eigenvalue weighted by Gasteiger charge is -2.26. The van der Waals surface area contributed by atoms with Gasteiger partial charge in [0.1, 0.15) is 0 Å². The lowest BCUT2D eigenvalue weighted by molar-refractivity contribution is 0.222. The summed E-state index contributed by atoms with van der Waals surface area (Å²) in [6.07, 6.45) is 2.29. The molecule has 2 aromatic carbocycles. The van der Waals surface area contributed by atoms with E-state index in [1.165, 1.54) is 24.2 Å². The van der Waals surface area contributed by atoms with Crippen LogP contribution in [0.25, 0.3) is 0 Å². The molecule has 1 aliphatic rings. The van der Waals surface area contributed by atoms with E-state index in [4.69, 9.17) is 0 Å². The highest BCUT2D eigenvalue weighted by Crippen LogP contribution is 2.04. The first-order valence-corrected chi connectivity index (χ1v) is 9.63. The average molecular weight is 338 g/mol. The molecule has 0 saturated carbocycles. The summed E-state index contributed by atoms with van der Waals surface area (Å²) < 4.78 is 0. The third-order valence-corrected chi connectivity index (χ3v) is 5.06. The quantitative estimate of drug-likeness (QED) is 0.874. The summed E-state index contributed by atoms with van der Waals surface area (Å²) in [5.74, 6) is 0. The van der Waals surface area contributed by atoms with E-state index >= 15 is 0 Å². The number of benzene rings is 2. The second-order valence-electron chi connectivity index (χ2n) is 6.90. The van der Waals surface area contributed by atoms with Crippen molar-refractivity contribution in [3.05, 3.63) is 71.8 Å². The smallest absolute Gasteiger partial charge is 0.0110 e. The lowest BCUT2D eigenvalue weighted by Crippen LogP contribution is -2.37. The molecule has 1 saturated heterocycles. The molecule has 3 rings (SSSR count). The molecule has 2 aromatic rings. The summed E-state index contributed by atoms with van der Waals surface area (Å²) in [4.78, 5) is 5.22. The number of hydrogen-bond acceptors (Lipinski definition) is 3. The predicted molar refractivity (Wildman–Crippen MR) is 106 cm³/mol. The minimum Gasteiger partial charge on any atom is -0.314 e. The standard InChI is InChI=1S/C22H31N3/c1-3-7-21(8-4-1)11-15-24-17-13-23-14-18-25(20-19-24)16-12-22-9-5-2-6-10-22/h1-10,23H,11-20H2. The third-order valence-electron chi connectivity index (χ3n) is 5.06. The van der Waals surface area contributed by atoms with Crippen LogP contribution in [0.1, 0.15) is 11.1 Å². The van der Waals surface area contributed by atoms with Crippen molar-refractivity contribution in [1.82, 2.24) is 15.1 Å². The molecule has 0 unspecified atom stereocenters. The molecular weight excluding hydrogens is 306 g/mol. The summed E-state index contributed by atoms with van der Waals surface area (Å²) >= 11 is 0. The molecule has 0 atom stereocenters. The monoisotopic (exact) mass is 337 g/mol. The van der Waals surface area contributed by atoms with Gasteiger partial charge in [0, 0.05) is 52.4 Å². The van der Waals surface area contributed by atoms with Gasteiger partial charge in [-0.15, -0.1) is 0 Å². The molecule has 1 aliphatic heterocycles. The molecule has 1 heterocycles. The molecule has 0 radical (unpaired) electrons. The van der Waals surface area contributed by atoms with Gasteiger partial charge in [-0.05, 0) is 24.0 Å². The Bertz CT molecular complexity index is 531. The Labute approximate surface area is 152 Å². The van der Waals surface area contributed by atoms with Crippen LogP contribution in [0.15, 0.2) is 60.7 Å². The molecule has 1 fully saturated rings. The van der Waals surface area contributed by atoms with Crippen molar-refractivity contribution < 1.29 is 0 Å². The van der Waals surface area contributed by atoms with Gasteiger partial charge in [0.15, 0.2) is 0 Å². The maximum atomic E-state index is 3.60. The van der Waals surface area contributed by atoms with Crippen LogP contribution in [0.4, 0.5) is 0 Å². The van der Waals surface area contributed by atoms with Gasteiger partial charge >= 0.3 is 0 Å². The normalized spacial score (nSPS) is 17.6. The molecule has 0 aromatic heterocycles. The Kier molecular flexibility index (Phi) is 7.50. The van der Waals surface area contributed by atoms with Crippen LogP contribution in [0.5, 0.6) is 0 Å². The van der Waals surface area contributed by atoms with E-state index in [1.54, 1.807) is 0 Å². The fourth-order valence-electron chi connectivity index (χ4n) is 3.42. The fraction of sp³-hybridized carbons (Fsp3) is 0.455. The Morgan fingerprint density at radius 2 is 1.04 bits per heavy atom. The van der Waals surface area contributed by atoms with Gasteiger partial charge in [-0.1, -0.05) is 60.7 Å². The molecule has 1 N–H and O–H groups in total. The van der Waals surface area contributed by atoms with E-state index in [0.717, 1.165) is 52.1 Å². The second-order valence-corrected chi connectivity index (χ2v) is 6.90. The van der Waals surface area contributed by atoms with Crippen molar-refractivity contribution in [2.45, 2.75) is 12.8 Å². The first-order chi connectivity index (χ1) is 12.4. The third kappa shape index (κ3) is 6.62. The highest BCUT2D eigenvalue weighted by Gasteiger charge is 2.12. The highest BCUT2D eigenvalue weighted by atomic mass is 15.2. The minimum absolute atomic E-state index is 1.10. The molecule has 3 nitrogen and oxygen atoms in total. The zero-order chi connectivity index (χ0) is 17.2. The van der Waals surface area contributed by atoms with Crippen molar-refractivity contribution in [3.63, 3.8) is 0 Å². The van der Waals surface area contributed by atoms with Crippen LogP contribution in [0.3, 0.4) is 0 Å². The molecule has 25 heavy (non-hydrogen) atoms. The van der Waals surface area contributed by atoms with Gasteiger partial charge in [-0.3, -0.25) is 0 Å². The first kappa shape index (κ1) is 18.1. The maximum absolute atomic E-state index is 3.60. The van der Waals surface area contributed by atoms with Gasteiger partial charge in [0.25, 0.3) is 0 Å². The van der Waals surface area contributed by atoms with E-state index in [9.17, 15) is 0 Å². The minimum atomic E-state index is 1.10. The molecule has 134 valence electrons. The van der Waals surface area contributed by atoms with Crippen LogP contribution in [-0.4, -0.2) is 62.2 Å². The van der Waals surface area contributed by atoms with Gasteiger partial charge in [0.2, 0.25) is 0 Å². The highest BCUT2D eigenvalue weighted by molar-refractivity contribution is 5.15. The summed E-state index contributed by atoms with van der Waals surface area (Å²) in [5.41, 5.74) is 2.88. The van der Waals surface area contributed by atoms with E-state index in [-0.39, 0.29) is 0 Å². The van der Waals surface area contributed by atoms with Gasteiger partial charge in [-0.25, -0.2) is 0 Å². The Morgan fingerprint density at radius 3 is 1.48 bits per heavy atom.